The first-order valence-corrected chi connectivity index (χ1v) is 2.24. The van der Waals surface area contributed by atoms with Crippen molar-refractivity contribution in [3.05, 3.63) is 6.42 Å². The molecule has 0 unspecified atom stereocenters. The summed E-state index contributed by atoms with van der Waals surface area (Å²) in [6, 6.07) is 0. The van der Waals surface area contributed by atoms with Crippen LogP contribution in [0.3, 0.4) is 0 Å². The van der Waals surface area contributed by atoms with E-state index >= 15 is 0 Å². The molecule has 1 radical (unpaired) electrons. The molecule has 1 N–H and O–H groups in total. The maximum Gasteiger partial charge on any atom is 2.00 e. The Kier molecular flexibility index (Phi) is 13.8. The Labute approximate surface area is 61.2 Å². The molecule has 0 aliphatic heterocycles. The molecular formula is C5H8O2V. The summed E-state index contributed by atoms with van der Waals surface area (Å²) >= 11 is 0. The van der Waals surface area contributed by atoms with E-state index in [-0.39, 0.29) is 18.6 Å². The van der Waals surface area contributed by atoms with Gasteiger partial charge in [-0.25, -0.2) is 0 Å². The summed E-state index contributed by atoms with van der Waals surface area (Å²) in [5, 5.41) is 6.76. The Hall–Kier alpha value is 0.0544. The molecule has 0 aromatic carbocycles. The Morgan fingerprint density at radius 3 is 1.62 bits per heavy atom. The second kappa shape index (κ2) is 10.1. The number of hydrogen-bond donors (Lipinski definition) is 1. The monoisotopic (exact) mass is 151 g/mol. The molecule has 1 rings (SSSR count). The number of hydrogen-bond acceptors (Lipinski definition) is 1. The average Bonchev–Trinajstić information content (AvgIpc) is 1.27. The summed E-state index contributed by atoms with van der Waals surface area (Å²) < 4.78 is 0. The van der Waals surface area contributed by atoms with Gasteiger partial charge in [0.2, 0.25) is 0 Å². The molecule has 1 saturated carbocycles. The van der Waals surface area contributed by atoms with E-state index in [1.165, 1.54) is 19.3 Å². The maximum atomic E-state index is 8.24. The van der Waals surface area contributed by atoms with Crippen molar-refractivity contribution in [3.8, 4) is 0 Å². The molecule has 0 aromatic heterocycles. The van der Waals surface area contributed by atoms with Crippen molar-refractivity contribution in [2.45, 2.75) is 19.3 Å². The fourth-order valence-corrected chi connectivity index (χ4v) is 0.204. The summed E-state index contributed by atoms with van der Waals surface area (Å²) in [7, 11) is 0. The minimum atomic E-state index is 0. The summed E-state index contributed by atoms with van der Waals surface area (Å²) in [6.45, 7) is 0.500. The quantitative estimate of drug-likeness (QED) is 0.524. The van der Waals surface area contributed by atoms with Crippen molar-refractivity contribution in [3.63, 3.8) is 0 Å². The van der Waals surface area contributed by atoms with E-state index in [2.05, 4.69) is 6.42 Å². The third-order valence-corrected chi connectivity index (χ3v) is 0.816. The Morgan fingerprint density at radius 1 is 1.50 bits per heavy atom. The molecule has 0 spiro atoms. The number of rotatable bonds is 0. The maximum absolute atomic E-state index is 8.24. The van der Waals surface area contributed by atoms with Crippen molar-refractivity contribution < 1.29 is 28.5 Å². The molecule has 45 valence electrons. The largest absolute Gasteiger partial charge is 2.00 e. The van der Waals surface area contributed by atoms with E-state index in [4.69, 9.17) is 9.90 Å². The second-order valence-electron chi connectivity index (χ2n) is 1.31. The molecule has 1 aliphatic carbocycles. The van der Waals surface area contributed by atoms with Gasteiger partial charge in [-0.2, -0.15) is 12.8 Å². The van der Waals surface area contributed by atoms with Gasteiger partial charge in [-0.3, -0.25) is 0 Å². The van der Waals surface area contributed by atoms with Crippen LogP contribution in [0.1, 0.15) is 19.3 Å². The van der Waals surface area contributed by atoms with Gasteiger partial charge in [0.05, 0.1) is 0 Å². The summed E-state index contributed by atoms with van der Waals surface area (Å²) in [4.78, 5) is 8.24. The zero-order valence-electron chi connectivity index (χ0n) is 4.50. The van der Waals surface area contributed by atoms with E-state index in [0.717, 1.165) is 0 Å². The Morgan fingerprint density at radius 2 is 1.62 bits per heavy atom. The molecule has 8 heavy (non-hydrogen) atoms. The van der Waals surface area contributed by atoms with Gasteiger partial charge in [-0.05, 0) is 0 Å². The fourth-order valence-electron chi connectivity index (χ4n) is 0.204. The van der Waals surface area contributed by atoms with Gasteiger partial charge >= 0.3 is 18.6 Å². The molecule has 3 heteroatoms. The van der Waals surface area contributed by atoms with Crippen molar-refractivity contribution >= 4 is 6.47 Å². The third-order valence-electron chi connectivity index (χ3n) is 0.816. The van der Waals surface area contributed by atoms with E-state index in [9.17, 15) is 0 Å². The smallest absolute Gasteiger partial charge is 0.665 e. The minimum Gasteiger partial charge on any atom is -0.665 e. The first-order chi connectivity index (χ1) is 3.41. The molecule has 0 atom stereocenters. The molecular weight excluding hydrogens is 143 g/mol. The molecule has 0 aromatic rings. The summed E-state index contributed by atoms with van der Waals surface area (Å²) in [5.41, 5.74) is 0. The van der Waals surface area contributed by atoms with Crippen LogP contribution in [-0.4, -0.2) is 11.6 Å². The van der Waals surface area contributed by atoms with Crippen LogP contribution in [0.2, 0.25) is 0 Å². The van der Waals surface area contributed by atoms with Crippen molar-refractivity contribution in [2.24, 2.45) is 0 Å². The summed E-state index contributed by atoms with van der Waals surface area (Å²) in [5.74, 6) is 0. The van der Waals surface area contributed by atoms with Crippen LogP contribution in [-0.2, 0) is 23.4 Å². The average molecular weight is 151 g/mol. The SMILES string of the molecule is O=[C-]O.[CH-]1CCC1.[V+2]. The van der Waals surface area contributed by atoms with Crippen LogP contribution in [0.15, 0.2) is 0 Å². The Balaban J connectivity index is 0. The van der Waals surface area contributed by atoms with Crippen molar-refractivity contribution in [2.75, 3.05) is 0 Å². The van der Waals surface area contributed by atoms with E-state index in [1.807, 2.05) is 0 Å². The molecule has 0 amide bonds. The minimum absolute atomic E-state index is 0. The van der Waals surface area contributed by atoms with Crippen LogP contribution in [0.4, 0.5) is 0 Å². The van der Waals surface area contributed by atoms with Gasteiger partial charge < -0.3 is 16.3 Å². The predicted octanol–water partition coefficient (Wildman–Crippen LogP) is 0.984. The third kappa shape index (κ3) is 9.41. The van der Waals surface area contributed by atoms with E-state index < -0.39 is 0 Å². The Bertz CT molecular complexity index is 39.7. The molecule has 1 fully saturated rings. The molecule has 0 saturated heterocycles. The van der Waals surface area contributed by atoms with Crippen LogP contribution in [0, 0.1) is 6.42 Å². The summed E-state index contributed by atoms with van der Waals surface area (Å²) in [6.07, 6.45) is 6.50. The van der Waals surface area contributed by atoms with Crippen LogP contribution >= 0.6 is 0 Å². The van der Waals surface area contributed by atoms with Crippen LogP contribution < -0.4 is 0 Å². The van der Waals surface area contributed by atoms with Gasteiger partial charge in [0.25, 0.3) is 0 Å². The topological polar surface area (TPSA) is 37.3 Å². The molecule has 0 heterocycles. The van der Waals surface area contributed by atoms with Gasteiger partial charge in [0, 0.05) is 0 Å². The fraction of sp³-hybridized carbons (Fsp3) is 0.600. The predicted molar refractivity (Wildman–Crippen MR) is 26.5 cm³/mol. The van der Waals surface area contributed by atoms with E-state index in [1.54, 1.807) is 0 Å². The van der Waals surface area contributed by atoms with Crippen molar-refractivity contribution in [1.29, 1.82) is 0 Å². The van der Waals surface area contributed by atoms with Gasteiger partial charge in [0.1, 0.15) is 0 Å². The van der Waals surface area contributed by atoms with Crippen molar-refractivity contribution in [1.82, 2.24) is 0 Å². The first kappa shape index (κ1) is 10.9. The zero-order chi connectivity index (χ0) is 5.54. The normalized spacial score (nSPS) is 13.5. The van der Waals surface area contributed by atoms with Gasteiger partial charge in [0.15, 0.2) is 0 Å². The molecule has 0 bridgehead atoms. The standard InChI is InChI=1S/C4H7.CHO2.V/c1-2-4-3-1;2-1-3;/h1H,2-4H2;(H,2,3);/q2*-1;+2. The second-order valence-corrected chi connectivity index (χ2v) is 1.31. The van der Waals surface area contributed by atoms with E-state index in [0.29, 0.717) is 6.47 Å². The van der Waals surface area contributed by atoms with Gasteiger partial charge in [-0.15, -0.1) is 6.42 Å². The first-order valence-electron chi connectivity index (χ1n) is 2.24. The zero-order valence-corrected chi connectivity index (χ0v) is 5.90. The van der Waals surface area contributed by atoms with Crippen LogP contribution in [0.25, 0.3) is 0 Å². The number of aliphatic hydroxyl groups excluding tert-OH is 1. The van der Waals surface area contributed by atoms with Gasteiger partial charge in [-0.1, -0.05) is 6.47 Å². The van der Waals surface area contributed by atoms with Crippen LogP contribution in [0.5, 0.6) is 0 Å². The molecule has 1 aliphatic rings. The molecule has 2 nitrogen and oxygen atoms in total.